The van der Waals surface area contributed by atoms with Crippen LogP contribution in [-0.4, -0.2) is 0 Å². The van der Waals surface area contributed by atoms with Crippen LogP contribution in [0.1, 0.15) is 58.3 Å². The van der Waals surface area contributed by atoms with Gasteiger partial charge in [-0.3, -0.25) is 0 Å². The lowest BCUT2D eigenvalue weighted by Crippen LogP contribution is -1.80. The van der Waals surface area contributed by atoms with Gasteiger partial charge in [0.25, 0.3) is 0 Å². The number of hydrogen-bond acceptors (Lipinski definition) is 0. The minimum Gasteiger partial charge on any atom is -0.0991 e. The van der Waals surface area contributed by atoms with Gasteiger partial charge in [-0.05, 0) is 19.3 Å². The molecule has 0 heteroatoms. The highest BCUT2D eigenvalue weighted by molar-refractivity contribution is 5.14. The van der Waals surface area contributed by atoms with Crippen molar-refractivity contribution in [1.29, 1.82) is 0 Å². The van der Waals surface area contributed by atoms with Crippen molar-refractivity contribution in [2.75, 3.05) is 0 Å². The standard InChI is InChI=1S/C18H29/c1-3-5-7-9-11-13-15-17-18-16-14-12-10-8-6-4-2/h3,5,7-9,11,13,15H,1,4,6,10,12,14,16-18H2,2H3/b7-5+,11-9+,15-13+. The maximum atomic E-state index is 3.62. The van der Waals surface area contributed by atoms with Gasteiger partial charge in [0.1, 0.15) is 0 Å². The zero-order valence-corrected chi connectivity index (χ0v) is 12.0. The van der Waals surface area contributed by atoms with E-state index in [-0.39, 0.29) is 0 Å². The van der Waals surface area contributed by atoms with E-state index in [2.05, 4.69) is 38.2 Å². The fourth-order valence-corrected chi connectivity index (χ4v) is 1.70. The molecule has 0 saturated heterocycles. The second-order valence-electron chi connectivity index (χ2n) is 4.50. The fourth-order valence-electron chi connectivity index (χ4n) is 1.70. The summed E-state index contributed by atoms with van der Waals surface area (Å²) in [5.41, 5.74) is 0. The minimum absolute atomic E-state index is 1.20. The lowest BCUT2D eigenvalue weighted by molar-refractivity contribution is 0.632. The Kier molecular flexibility index (Phi) is 15.0. The van der Waals surface area contributed by atoms with Crippen molar-refractivity contribution in [2.45, 2.75) is 58.3 Å². The van der Waals surface area contributed by atoms with Gasteiger partial charge in [-0.25, -0.2) is 0 Å². The van der Waals surface area contributed by atoms with Crippen molar-refractivity contribution < 1.29 is 0 Å². The molecule has 0 saturated carbocycles. The first-order chi connectivity index (χ1) is 8.91. The van der Waals surface area contributed by atoms with Gasteiger partial charge in [0.2, 0.25) is 0 Å². The quantitative estimate of drug-likeness (QED) is 0.284. The van der Waals surface area contributed by atoms with E-state index in [0.29, 0.717) is 0 Å². The monoisotopic (exact) mass is 245 g/mol. The molecule has 0 atom stereocenters. The molecule has 0 amide bonds. The van der Waals surface area contributed by atoms with Crippen LogP contribution in [0.15, 0.2) is 49.1 Å². The summed E-state index contributed by atoms with van der Waals surface area (Å²) in [6.45, 7) is 5.86. The molecule has 0 aromatic rings. The van der Waals surface area contributed by atoms with Crippen molar-refractivity contribution in [3.63, 3.8) is 0 Å². The van der Waals surface area contributed by atoms with E-state index in [0.717, 1.165) is 0 Å². The van der Waals surface area contributed by atoms with Crippen molar-refractivity contribution in [1.82, 2.24) is 0 Å². The third-order valence-corrected chi connectivity index (χ3v) is 2.74. The average molecular weight is 245 g/mol. The van der Waals surface area contributed by atoms with Crippen LogP contribution in [0.5, 0.6) is 0 Å². The number of rotatable bonds is 12. The van der Waals surface area contributed by atoms with Gasteiger partial charge in [-0.15, -0.1) is 0 Å². The second kappa shape index (κ2) is 16.0. The molecule has 0 rings (SSSR count). The first-order valence-corrected chi connectivity index (χ1v) is 7.34. The zero-order chi connectivity index (χ0) is 13.3. The molecular weight excluding hydrogens is 216 g/mol. The molecule has 0 aliphatic carbocycles. The maximum Gasteiger partial charge on any atom is -0.0348 e. The first kappa shape index (κ1) is 17.0. The van der Waals surface area contributed by atoms with Gasteiger partial charge in [-0.1, -0.05) is 94.6 Å². The highest BCUT2D eigenvalue weighted by Crippen LogP contribution is 2.08. The van der Waals surface area contributed by atoms with Crippen LogP contribution in [0.25, 0.3) is 0 Å². The molecule has 0 nitrogen and oxygen atoms in total. The van der Waals surface area contributed by atoms with Crippen LogP contribution in [0.3, 0.4) is 0 Å². The second-order valence-corrected chi connectivity index (χ2v) is 4.50. The van der Waals surface area contributed by atoms with Crippen LogP contribution in [-0.2, 0) is 0 Å². The Morgan fingerprint density at radius 3 is 2.11 bits per heavy atom. The molecule has 1 radical (unpaired) electrons. The van der Waals surface area contributed by atoms with E-state index < -0.39 is 0 Å². The fraction of sp³-hybridized carbons (Fsp3) is 0.500. The average Bonchev–Trinajstić information content (AvgIpc) is 2.39. The van der Waals surface area contributed by atoms with E-state index in [1.54, 1.807) is 6.08 Å². The molecule has 0 aromatic heterocycles. The Balaban J connectivity index is 3.19. The Labute approximate surface area is 114 Å². The van der Waals surface area contributed by atoms with Crippen LogP contribution < -0.4 is 0 Å². The molecule has 0 fully saturated rings. The largest absolute Gasteiger partial charge is 0.0991 e. The Morgan fingerprint density at radius 2 is 1.39 bits per heavy atom. The van der Waals surface area contributed by atoms with Crippen molar-refractivity contribution >= 4 is 0 Å². The molecule has 101 valence electrons. The van der Waals surface area contributed by atoms with Gasteiger partial charge < -0.3 is 0 Å². The lowest BCUT2D eigenvalue weighted by atomic mass is 10.1. The Morgan fingerprint density at radius 1 is 0.722 bits per heavy atom. The molecule has 0 heterocycles. The van der Waals surface area contributed by atoms with Gasteiger partial charge in [0, 0.05) is 0 Å². The topological polar surface area (TPSA) is 0 Å². The van der Waals surface area contributed by atoms with E-state index in [1.165, 1.54) is 51.4 Å². The molecule has 0 bridgehead atoms. The van der Waals surface area contributed by atoms with Gasteiger partial charge >= 0.3 is 0 Å². The summed E-state index contributed by atoms with van der Waals surface area (Å²) >= 11 is 0. The van der Waals surface area contributed by atoms with E-state index >= 15 is 0 Å². The van der Waals surface area contributed by atoms with Crippen molar-refractivity contribution in [3.05, 3.63) is 55.5 Å². The summed E-state index contributed by atoms with van der Waals surface area (Å²) in [5.74, 6) is 0. The van der Waals surface area contributed by atoms with Crippen molar-refractivity contribution in [2.24, 2.45) is 0 Å². The lowest BCUT2D eigenvalue weighted by Gasteiger charge is -1.99. The van der Waals surface area contributed by atoms with E-state index in [9.17, 15) is 0 Å². The summed E-state index contributed by atoms with van der Waals surface area (Å²) in [7, 11) is 0. The SMILES string of the molecule is C=C/C=C/C=C/C=C/CCCCCC[CH]CCC. The molecule has 0 aromatic carbocycles. The highest BCUT2D eigenvalue weighted by atomic mass is 14.0. The Bertz CT molecular complexity index is 243. The smallest absolute Gasteiger partial charge is 0.0348 e. The Hall–Kier alpha value is -1.04. The summed E-state index contributed by atoms with van der Waals surface area (Å²) in [6.07, 6.45) is 27.1. The summed E-state index contributed by atoms with van der Waals surface area (Å²) < 4.78 is 0. The van der Waals surface area contributed by atoms with Crippen LogP contribution >= 0.6 is 0 Å². The molecule has 18 heavy (non-hydrogen) atoms. The number of allylic oxidation sites excluding steroid dienone is 7. The summed E-state index contributed by atoms with van der Waals surface area (Å²) in [4.78, 5) is 0. The molecule has 0 N–H and O–H groups in total. The van der Waals surface area contributed by atoms with Crippen molar-refractivity contribution in [3.8, 4) is 0 Å². The normalized spacial score (nSPS) is 12.1. The number of unbranched alkanes of at least 4 members (excludes halogenated alkanes) is 8. The molecule has 0 aliphatic heterocycles. The van der Waals surface area contributed by atoms with Crippen LogP contribution in [0.2, 0.25) is 0 Å². The molecule has 0 aliphatic rings. The molecule has 0 unspecified atom stereocenters. The minimum atomic E-state index is 1.20. The van der Waals surface area contributed by atoms with Crippen LogP contribution in [0, 0.1) is 6.42 Å². The molecule has 0 spiro atoms. The van der Waals surface area contributed by atoms with Gasteiger partial charge in [0.15, 0.2) is 0 Å². The third-order valence-electron chi connectivity index (χ3n) is 2.74. The summed E-state index contributed by atoms with van der Waals surface area (Å²) in [6, 6.07) is 0. The molecular formula is C18H29. The van der Waals surface area contributed by atoms with E-state index in [1.807, 2.05) is 18.2 Å². The highest BCUT2D eigenvalue weighted by Gasteiger charge is 1.90. The van der Waals surface area contributed by atoms with Gasteiger partial charge in [0.05, 0.1) is 0 Å². The first-order valence-electron chi connectivity index (χ1n) is 7.34. The van der Waals surface area contributed by atoms with Crippen LogP contribution in [0.4, 0.5) is 0 Å². The summed E-state index contributed by atoms with van der Waals surface area (Å²) in [5, 5.41) is 0. The predicted molar refractivity (Wildman–Crippen MR) is 84.5 cm³/mol. The third kappa shape index (κ3) is 15.0. The van der Waals surface area contributed by atoms with E-state index in [4.69, 9.17) is 0 Å². The predicted octanol–water partition coefficient (Wildman–Crippen LogP) is 6.19. The zero-order valence-electron chi connectivity index (χ0n) is 12.0. The number of hydrogen-bond donors (Lipinski definition) is 0. The van der Waals surface area contributed by atoms with Gasteiger partial charge in [-0.2, -0.15) is 0 Å². The maximum absolute atomic E-state index is 3.62.